The molecule has 0 spiro atoms. The average molecular weight is 196 g/mol. The van der Waals surface area contributed by atoms with Gasteiger partial charge in [0.05, 0.1) is 0 Å². The molecule has 2 nitrogen and oxygen atoms in total. The van der Waals surface area contributed by atoms with Crippen molar-refractivity contribution in [2.24, 2.45) is 0 Å². The zero-order valence-corrected chi connectivity index (χ0v) is 8.75. The van der Waals surface area contributed by atoms with Crippen molar-refractivity contribution in [2.75, 3.05) is 6.61 Å². The van der Waals surface area contributed by atoms with Crippen LogP contribution in [0.25, 0.3) is 0 Å². The second-order valence-corrected chi connectivity index (χ2v) is 3.71. The highest BCUT2D eigenvalue weighted by atomic mass is 33.1. The molecule has 1 atom stereocenters. The van der Waals surface area contributed by atoms with Gasteiger partial charge in [-0.05, 0) is 24.1 Å². The Morgan fingerprint density at radius 3 is 2.55 bits per heavy atom. The van der Waals surface area contributed by atoms with Crippen molar-refractivity contribution in [3.8, 4) is 0 Å². The van der Waals surface area contributed by atoms with Crippen molar-refractivity contribution in [1.29, 1.82) is 0 Å². The topological polar surface area (TPSA) is 29.5 Å². The van der Waals surface area contributed by atoms with Gasteiger partial charge in [0.2, 0.25) is 5.12 Å². The van der Waals surface area contributed by atoms with E-state index >= 15 is 0 Å². The van der Waals surface area contributed by atoms with Crippen molar-refractivity contribution in [1.82, 2.24) is 0 Å². The van der Waals surface area contributed by atoms with Crippen LogP contribution in [0.3, 0.4) is 0 Å². The zero-order chi connectivity index (χ0) is 8.74. The van der Waals surface area contributed by atoms with Gasteiger partial charge in [0.25, 0.3) is 0 Å². The fraction of sp³-hybridized carbons (Fsp3) is 1.00. The van der Waals surface area contributed by atoms with E-state index in [1.807, 2.05) is 6.92 Å². The summed E-state index contributed by atoms with van der Waals surface area (Å²) in [5, 5.41) is 8.54. The summed E-state index contributed by atoms with van der Waals surface area (Å²) in [7, 11) is 1.06. The maximum atomic E-state index is 9.62. The van der Waals surface area contributed by atoms with Gasteiger partial charge >= 0.3 is 0 Å². The minimum absolute atomic E-state index is 0.522. The monoisotopic (exact) mass is 196 g/mol. The van der Waals surface area contributed by atoms with E-state index in [1.165, 1.54) is 0 Å². The molecule has 0 amide bonds. The van der Waals surface area contributed by atoms with E-state index in [9.17, 15) is 5.11 Å². The Morgan fingerprint density at radius 1 is 1.55 bits per heavy atom. The molecule has 68 valence electrons. The molecule has 1 unspecified atom stereocenters. The summed E-state index contributed by atoms with van der Waals surface area (Å²) in [4.78, 5) is 0. The predicted octanol–water partition coefficient (Wildman–Crippen LogP) is 2.44. The van der Waals surface area contributed by atoms with Crippen LogP contribution in [0.5, 0.6) is 0 Å². The molecule has 0 saturated carbocycles. The van der Waals surface area contributed by atoms with Crippen LogP contribution >= 0.6 is 22.5 Å². The third-order valence-electron chi connectivity index (χ3n) is 1.36. The van der Waals surface area contributed by atoms with Crippen LogP contribution in [0.15, 0.2) is 0 Å². The van der Waals surface area contributed by atoms with Crippen LogP contribution in [-0.4, -0.2) is 16.8 Å². The van der Waals surface area contributed by atoms with E-state index < -0.39 is 5.12 Å². The first-order chi connectivity index (χ1) is 5.18. The molecule has 0 bridgehead atoms. The van der Waals surface area contributed by atoms with Gasteiger partial charge in [0.15, 0.2) is 0 Å². The van der Waals surface area contributed by atoms with Crippen LogP contribution < -0.4 is 0 Å². The molecular formula is C7H16O2S2. The number of aliphatic hydroxyl groups is 1. The summed E-state index contributed by atoms with van der Waals surface area (Å²) >= 11 is 3.95. The van der Waals surface area contributed by atoms with Crippen LogP contribution in [0.2, 0.25) is 0 Å². The molecule has 4 heteroatoms. The lowest BCUT2D eigenvalue weighted by Crippen LogP contribution is -2.26. The highest BCUT2D eigenvalue weighted by Crippen LogP contribution is 2.31. The SMILES string of the molecule is CCCCC(O)(OCC)SS. The molecule has 0 aromatic rings. The van der Waals surface area contributed by atoms with E-state index in [0.717, 1.165) is 23.6 Å². The van der Waals surface area contributed by atoms with Crippen molar-refractivity contribution >= 4 is 22.5 Å². The molecule has 0 aromatic carbocycles. The normalized spacial score (nSPS) is 16.4. The Bertz CT molecular complexity index is 100. The Morgan fingerprint density at radius 2 is 2.18 bits per heavy atom. The summed E-state index contributed by atoms with van der Waals surface area (Å²) in [6, 6.07) is 0. The van der Waals surface area contributed by atoms with Gasteiger partial charge in [-0.25, -0.2) is 0 Å². The lowest BCUT2D eigenvalue weighted by Gasteiger charge is -2.24. The minimum atomic E-state index is -1.08. The van der Waals surface area contributed by atoms with Crippen LogP contribution in [0.4, 0.5) is 0 Å². The number of hydrogen-bond donors (Lipinski definition) is 2. The maximum Gasteiger partial charge on any atom is 0.225 e. The van der Waals surface area contributed by atoms with Crippen molar-refractivity contribution in [3.63, 3.8) is 0 Å². The Balaban J connectivity index is 3.68. The molecule has 1 N–H and O–H groups in total. The molecule has 0 saturated heterocycles. The Kier molecular flexibility index (Phi) is 6.52. The molecule has 0 radical (unpaired) electrons. The largest absolute Gasteiger partial charge is 0.357 e. The first kappa shape index (κ1) is 11.6. The third kappa shape index (κ3) is 4.95. The predicted molar refractivity (Wildman–Crippen MR) is 52.7 cm³/mol. The molecule has 0 fully saturated rings. The minimum Gasteiger partial charge on any atom is -0.357 e. The van der Waals surface area contributed by atoms with Gasteiger partial charge in [-0.1, -0.05) is 13.3 Å². The summed E-state index contributed by atoms with van der Waals surface area (Å²) in [6.07, 6.45) is 2.67. The standard InChI is InChI=1S/C7H16O2S2/c1-3-5-6-7(8,11-10)9-4-2/h8,10H,3-6H2,1-2H3. The second-order valence-electron chi connectivity index (χ2n) is 2.34. The molecule has 0 rings (SSSR count). The van der Waals surface area contributed by atoms with E-state index in [1.54, 1.807) is 0 Å². The van der Waals surface area contributed by atoms with Crippen LogP contribution in [0.1, 0.15) is 33.1 Å². The van der Waals surface area contributed by atoms with Gasteiger partial charge in [-0.15, -0.1) is 11.7 Å². The number of ether oxygens (including phenoxy) is 1. The van der Waals surface area contributed by atoms with Crippen molar-refractivity contribution in [2.45, 2.75) is 38.2 Å². The highest BCUT2D eigenvalue weighted by Gasteiger charge is 2.25. The van der Waals surface area contributed by atoms with E-state index in [2.05, 4.69) is 18.6 Å². The summed E-state index contributed by atoms with van der Waals surface area (Å²) in [5.74, 6) is 0. The first-order valence-electron chi connectivity index (χ1n) is 3.87. The number of unbranched alkanes of at least 4 members (excludes halogenated alkanes) is 1. The molecular weight excluding hydrogens is 180 g/mol. The van der Waals surface area contributed by atoms with Gasteiger partial charge < -0.3 is 9.84 Å². The van der Waals surface area contributed by atoms with Gasteiger partial charge in [-0.2, -0.15) is 0 Å². The van der Waals surface area contributed by atoms with Gasteiger partial charge in [-0.3, -0.25) is 0 Å². The Hall–Kier alpha value is 0.620. The maximum absolute atomic E-state index is 9.62. The number of rotatable bonds is 6. The molecule has 11 heavy (non-hydrogen) atoms. The lowest BCUT2D eigenvalue weighted by molar-refractivity contribution is -0.130. The quantitative estimate of drug-likeness (QED) is 0.388. The third-order valence-corrected chi connectivity index (χ3v) is 2.82. The van der Waals surface area contributed by atoms with E-state index in [-0.39, 0.29) is 0 Å². The van der Waals surface area contributed by atoms with E-state index in [0.29, 0.717) is 13.0 Å². The smallest absolute Gasteiger partial charge is 0.225 e. The fourth-order valence-corrected chi connectivity index (χ4v) is 1.61. The highest BCUT2D eigenvalue weighted by molar-refractivity contribution is 8.69. The molecule has 0 heterocycles. The van der Waals surface area contributed by atoms with Crippen molar-refractivity contribution < 1.29 is 9.84 Å². The first-order valence-corrected chi connectivity index (χ1v) is 5.74. The van der Waals surface area contributed by atoms with Crippen molar-refractivity contribution in [3.05, 3.63) is 0 Å². The summed E-state index contributed by atoms with van der Waals surface area (Å²) in [6.45, 7) is 4.46. The zero-order valence-electron chi connectivity index (χ0n) is 7.04. The molecule has 0 aliphatic rings. The van der Waals surface area contributed by atoms with Gasteiger partial charge in [0.1, 0.15) is 0 Å². The summed E-state index contributed by atoms with van der Waals surface area (Å²) < 4.78 is 5.12. The van der Waals surface area contributed by atoms with Crippen LogP contribution in [-0.2, 0) is 4.74 Å². The second kappa shape index (κ2) is 6.17. The Labute approximate surface area is 77.5 Å². The lowest BCUT2D eigenvalue weighted by atomic mass is 10.2. The number of thiol groups is 1. The molecule has 0 aliphatic carbocycles. The molecule has 0 aliphatic heterocycles. The molecule has 0 aromatic heterocycles. The van der Waals surface area contributed by atoms with E-state index in [4.69, 9.17) is 4.74 Å². The summed E-state index contributed by atoms with van der Waals surface area (Å²) in [5.41, 5.74) is 0. The fourth-order valence-electron chi connectivity index (χ4n) is 0.770. The number of hydrogen-bond acceptors (Lipinski definition) is 4. The average Bonchev–Trinajstić information content (AvgIpc) is 2.02. The van der Waals surface area contributed by atoms with Gasteiger partial charge in [0, 0.05) is 13.0 Å². The van der Waals surface area contributed by atoms with Crippen LogP contribution in [0, 0.1) is 0 Å².